The van der Waals surface area contributed by atoms with E-state index in [0.29, 0.717) is 22.7 Å². The first-order valence-corrected chi connectivity index (χ1v) is 7.86. The summed E-state index contributed by atoms with van der Waals surface area (Å²) in [6.07, 6.45) is 6.56. The standard InChI is InChI=1S/C14H26N2S/c1-10-9-11(2)17-13(15-10)16-12-7-5-6-8-14(12,3)4/h10-12H,5-9H2,1-4H3,(H,15,16). The SMILES string of the molecule is CC1CC(C)SC(=NC2CCCCC2(C)C)N1. The van der Waals surface area contributed by atoms with Crippen LogP contribution in [0.2, 0.25) is 0 Å². The van der Waals surface area contributed by atoms with E-state index in [-0.39, 0.29) is 0 Å². The van der Waals surface area contributed by atoms with Gasteiger partial charge in [-0.15, -0.1) is 0 Å². The van der Waals surface area contributed by atoms with Gasteiger partial charge in [-0.25, -0.2) is 0 Å². The molecule has 2 nitrogen and oxygen atoms in total. The van der Waals surface area contributed by atoms with Gasteiger partial charge in [-0.2, -0.15) is 0 Å². The van der Waals surface area contributed by atoms with E-state index in [0.717, 1.165) is 0 Å². The maximum absolute atomic E-state index is 5.02. The lowest BCUT2D eigenvalue weighted by Crippen LogP contribution is -2.41. The highest BCUT2D eigenvalue weighted by Gasteiger charge is 2.33. The van der Waals surface area contributed by atoms with Crippen molar-refractivity contribution in [3.63, 3.8) is 0 Å². The van der Waals surface area contributed by atoms with Crippen LogP contribution in [0.5, 0.6) is 0 Å². The Morgan fingerprint density at radius 2 is 2.06 bits per heavy atom. The van der Waals surface area contributed by atoms with E-state index in [4.69, 9.17) is 4.99 Å². The van der Waals surface area contributed by atoms with Crippen LogP contribution in [0.1, 0.15) is 59.8 Å². The summed E-state index contributed by atoms with van der Waals surface area (Å²) in [5.74, 6) is 0. The van der Waals surface area contributed by atoms with Gasteiger partial charge in [0.2, 0.25) is 0 Å². The highest BCUT2D eigenvalue weighted by molar-refractivity contribution is 8.14. The van der Waals surface area contributed by atoms with E-state index in [2.05, 4.69) is 33.0 Å². The summed E-state index contributed by atoms with van der Waals surface area (Å²) in [6.45, 7) is 9.32. The number of aliphatic imine (C=N–C) groups is 1. The Morgan fingerprint density at radius 3 is 2.71 bits per heavy atom. The molecule has 0 amide bonds. The summed E-state index contributed by atoms with van der Waals surface area (Å²) < 4.78 is 0. The van der Waals surface area contributed by atoms with Crippen LogP contribution in [0.4, 0.5) is 0 Å². The first kappa shape index (κ1) is 13.3. The smallest absolute Gasteiger partial charge is 0.157 e. The highest BCUT2D eigenvalue weighted by atomic mass is 32.2. The molecule has 98 valence electrons. The molecule has 0 spiro atoms. The van der Waals surface area contributed by atoms with Crippen LogP contribution in [0.15, 0.2) is 4.99 Å². The van der Waals surface area contributed by atoms with Crippen molar-refractivity contribution < 1.29 is 0 Å². The third-order valence-corrected chi connectivity index (χ3v) is 5.13. The van der Waals surface area contributed by atoms with E-state index in [1.807, 2.05) is 11.8 Å². The Bertz CT molecular complexity index is 287. The molecule has 0 aromatic heterocycles. The molecule has 1 N–H and O–H groups in total. The Morgan fingerprint density at radius 1 is 1.29 bits per heavy atom. The summed E-state index contributed by atoms with van der Waals surface area (Å²) in [7, 11) is 0. The average Bonchev–Trinajstić information content (AvgIpc) is 2.19. The van der Waals surface area contributed by atoms with Gasteiger partial charge in [-0.3, -0.25) is 4.99 Å². The fourth-order valence-electron chi connectivity index (χ4n) is 2.96. The summed E-state index contributed by atoms with van der Waals surface area (Å²) in [6, 6.07) is 1.10. The summed E-state index contributed by atoms with van der Waals surface area (Å²) in [5, 5.41) is 5.44. The van der Waals surface area contributed by atoms with Crippen LogP contribution < -0.4 is 5.32 Å². The number of thioether (sulfide) groups is 1. The van der Waals surface area contributed by atoms with Gasteiger partial charge in [0.25, 0.3) is 0 Å². The highest BCUT2D eigenvalue weighted by Crippen LogP contribution is 2.38. The third-order valence-electron chi connectivity index (χ3n) is 4.09. The maximum Gasteiger partial charge on any atom is 0.157 e. The molecule has 1 saturated carbocycles. The maximum atomic E-state index is 5.02. The molecular formula is C14H26N2S. The van der Waals surface area contributed by atoms with Crippen molar-refractivity contribution in [3.05, 3.63) is 0 Å². The number of hydrogen-bond acceptors (Lipinski definition) is 2. The fourth-order valence-corrected chi connectivity index (χ4v) is 4.19. The Balaban J connectivity index is 2.06. The molecular weight excluding hydrogens is 228 g/mol. The molecule has 17 heavy (non-hydrogen) atoms. The number of rotatable bonds is 1. The van der Waals surface area contributed by atoms with E-state index < -0.39 is 0 Å². The van der Waals surface area contributed by atoms with Crippen LogP contribution in [-0.2, 0) is 0 Å². The second-order valence-electron chi connectivity index (χ2n) is 6.39. The van der Waals surface area contributed by atoms with Crippen LogP contribution in [-0.4, -0.2) is 22.5 Å². The van der Waals surface area contributed by atoms with E-state index in [1.165, 1.54) is 37.3 Å². The number of nitrogens with zero attached hydrogens (tertiary/aromatic N) is 1. The zero-order valence-electron chi connectivity index (χ0n) is 11.6. The van der Waals surface area contributed by atoms with Crippen LogP contribution >= 0.6 is 11.8 Å². The van der Waals surface area contributed by atoms with Crippen molar-refractivity contribution >= 4 is 16.9 Å². The van der Waals surface area contributed by atoms with Gasteiger partial charge in [0.05, 0.1) is 6.04 Å². The predicted molar refractivity (Wildman–Crippen MR) is 77.7 cm³/mol. The van der Waals surface area contributed by atoms with Crippen molar-refractivity contribution in [3.8, 4) is 0 Å². The quantitative estimate of drug-likeness (QED) is 0.769. The van der Waals surface area contributed by atoms with E-state index in [1.54, 1.807) is 0 Å². The predicted octanol–water partition coefficient (Wildman–Crippen LogP) is 3.81. The second kappa shape index (κ2) is 5.21. The normalized spacial score (nSPS) is 40.0. The van der Waals surface area contributed by atoms with Gasteiger partial charge in [-0.1, -0.05) is 45.4 Å². The lowest BCUT2D eigenvalue weighted by molar-refractivity contribution is 0.204. The van der Waals surface area contributed by atoms with Gasteiger partial charge < -0.3 is 5.32 Å². The average molecular weight is 254 g/mol. The molecule has 2 rings (SSSR count). The number of amidine groups is 1. The lowest BCUT2D eigenvalue weighted by atomic mass is 9.73. The van der Waals surface area contributed by atoms with Crippen LogP contribution in [0.25, 0.3) is 0 Å². The van der Waals surface area contributed by atoms with Gasteiger partial charge >= 0.3 is 0 Å². The van der Waals surface area contributed by atoms with Crippen molar-refractivity contribution in [1.82, 2.24) is 5.32 Å². The van der Waals surface area contributed by atoms with Gasteiger partial charge in [0.1, 0.15) is 0 Å². The molecule has 1 aliphatic carbocycles. The van der Waals surface area contributed by atoms with Crippen LogP contribution in [0.3, 0.4) is 0 Å². The minimum Gasteiger partial charge on any atom is -0.362 e. The first-order chi connectivity index (χ1) is 7.97. The molecule has 0 aromatic carbocycles. The molecule has 0 bridgehead atoms. The van der Waals surface area contributed by atoms with E-state index in [9.17, 15) is 0 Å². The monoisotopic (exact) mass is 254 g/mol. The Labute approximate surface area is 110 Å². The molecule has 3 atom stereocenters. The van der Waals surface area contributed by atoms with E-state index >= 15 is 0 Å². The topological polar surface area (TPSA) is 24.4 Å². The largest absolute Gasteiger partial charge is 0.362 e. The van der Waals surface area contributed by atoms with Crippen LogP contribution in [0, 0.1) is 5.41 Å². The number of nitrogens with one attached hydrogen (secondary N) is 1. The minimum atomic E-state index is 0.386. The zero-order chi connectivity index (χ0) is 12.5. The van der Waals surface area contributed by atoms with Gasteiger partial charge in [0, 0.05) is 11.3 Å². The summed E-state index contributed by atoms with van der Waals surface area (Å²) in [4.78, 5) is 5.02. The summed E-state index contributed by atoms with van der Waals surface area (Å²) in [5.41, 5.74) is 0.386. The molecule has 0 radical (unpaired) electrons. The third kappa shape index (κ3) is 3.40. The number of hydrogen-bond donors (Lipinski definition) is 1. The lowest BCUT2D eigenvalue weighted by Gasteiger charge is -2.37. The molecule has 3 heteroatoms. The molecule has 2 fully saturated rings. The zero-order valence-corrected chi connectivity index (χ0v) is 12.4. The van der Waals surface area contributed by atoms with Crippen molar-refractivity contribution in [2.45, 2.75) is 77.1 Å². The van der Waals surface area contributed by atoms with Crippen molar-refractivity contribution in [1.29, 1.82) is 0 Å². The fraction of sp³-hybridized carbons (Fsp3) is 0.929. The molecule has 1 heterocycles. The Hall–Kier alpha value is -0.180. The molecule has 0 aromatic rings. The van der Waals surface area contributed by atoms with Crippen molar-refractivity contribution in [2.75, 3.05) is 0 Å². The van der Waals surface area contributed by atoms with Gasteiger partial charge in [0.15, 0.2) is 5.17 Å². The second-order valence-corrected chi connectivity index (χ2v) is 7.82. The molecule has 3 unspecified atom stereocenters. The Kier molecular flexibility index (Phi) is 4.06. The molecule has 1 saturated heterocycles. The first-order valence-electron chi connectivity index (χ1n) is 6.98. The summed E-state index contributed by atoms with van der Waals surface area (Å²) >= 11 is 1.92. The van der Waals surface area contributed by atoms with Crippen molar-refractivity contribution in [2.24, 2.45) is 10.4 Å². The minimum absolute atomic E-state index is 0.386. The molecule has 1 aliphatic heterocycles. The molecule has 2 aliphatic rings. The van der Waals surface area contributed by atoms with Gasteiger partial charge in [-0.05, 0) is 31.6 Å².